The van der Waals surface area contributed by atoms with E-state index in [0.29, 0.717) is 11.5 Å². The molecule has 4 heteroatoms. The van der Waals surface area contributed by atoms with Crippen molar-refractivity contribution in [1.82, 2.24) is 0 Å². The Kier molecular flexibility index (Phi) is 4.20. The van der Waals surface area contributed by atoms with Crippen LogP contribution in [0.25, 0.3) is 6.08 Å². The van der Waals surface area contributed by atoms with E-state index < -0.39 is 0 Å². The van der Waals surface area contributed by atoms with Gasteiger partial charge in [-0.2, -0.15) is 0 Å². The predicted molar refractivity (Wildman–Crippen MR) is 72.4 cm³/mol. The van der Waals surface area contributed by atoms with E-state index in [1.165, 1.54) is 0 Å². The summed E-state index contributed by atoms with van der Waals surface area (Å²) in [6.07, 6.45) is 2.74. The molecular weight excluding hydrogens is 248 g/mol. The summed E-state index contributed by atoms with van der Waals surface area (Å²) in [6, 6.07) is 7.51. The molecule has 0 unspecified atom stereocenters. The number of hydrogen-bond donors (Lipinski definition) is 0. The van der Waals surface area contributed by atoms with Crippen molar-refractivity contribution in [2.45, 2.75) is 19.8 Å². The number of allylic oxidation sites excluding steroid dienone is 1. The van der Waals surface area contributed by atoms with Crippen LogP contribution in [0.4, 0.5) is 0 Å². The number of ether oxygens (including phenoxy) is 1. The summed E-state index contributed by atoms with van der Waals surface area (Å²) in [6.45, 7) is 2.75. The van der Waals surface area contributed by atoms with E-state index in [9.17, 15) is 9.59 Å². The minimum atomic E-state index is -0.0868. The monoisotopic (exact) mass is 262 g/mol. The lowest BCUT2D eigenvalue weighted by atomic mass is 10.1. The van der Waals surface area contributed by atoms with E-state index in [4.69, 9.17) is 4.74 Å². The Balaban J connectivity index is 2.08. The highest BCUT2D eigenvalue weighted by Crippen LogP contribution is 2.30. The number of carbonyl (C=O) groups is 2. The number of thioether (sulfide) groups is 1. The number of rotatable bonds is 4. The molecule has 0 bridgehead atoms. The van der Waals surface area contributed by atoms with E-state index >= 15 is 0 Å². The quantitative estimate of drug-likeness (QED) is 0.618. The smallest absolute Gasteiger partial charge is 0.201 e. The Morgan fingerprint density at radius 2 is 2.00 bits per heavy atom. The third kappa shape index (κ3) is 3.23. The van der Waals surface area contributed by atoms with Crippen molar-refractivity contribution in [3.05, 3.63) is 34.7 Å². The van der Waals surface area contributed by atoms with E-state index in [1.54, 1.807) is 6.08 Å². The van der Waals surface area contributed by atoms with Gasteiger partial charge in [0, 0.05) is 0 Å². The predicted octanol–water partition coefficient (Wildman–Crippen LogP) is 3.05. The summed E-state index contributed by atoms with van der Waals surface area (Å²) in [5, 5.41) is -0.0749. The van der Waals surface area contributed by atoms with Crippen LogP contribution in [-0.2, 0) is 9.59 Å². The molecule has 1 aliphatic rings. The molecule has 2 rings (SSSR count). The number of ketones is 1. The summed E-state index contributed by atoms with van der Waals surface area (Å²) < 4.78 is 5.47. The largest absolute Gasteiger partial charge is 0.494 e. The molecule has 1 fully saturated rings. The summed E-state index contributed by atoms with van der Waals surface area (Å²) in [4.78, 5) is 23.1. The zero-order valence-electron chi connectivity index (χ0n) is 10.1. The maximum absolute atomic E-state index is 11.5. The highest BCUT2D eigenvalue weighted by molar-refractivity contribution is 8.18. The van der Waals surface area contributed by atoms with Gasteiger partial charge in [0.15, 0.2) is 5.78 Å². The second-order valence-electron chi connectivity index (χ2n) is 4.00. The molecule has 1 heterocycles. The van der Waals surface area contributed by atoms with Crippen molar-refractivity contribution in [2.75, 3.05) is 6.61 Å². The van der Waals surface area contributed by atoms with Gasteiger partial charge in [-0.15, -0.1) is 0 Å². The molecule has 18 heavy (non-hydrogen) atoms. The number of hydrogen-bond acceptors (Lipinski definition) is 4. The van der Waals surface area contributed by atoms with Crippen LogP contribution in [0.1, 0.15) is 25.3 Å². The Morgan fingerprint density at radius 1 is 1.28 bits per heavy atom. The van der Waals surface area contributed by atoms with Crippen LogP contribution in [-0.4, -0.2) is 17.5 Å². The zero-order chi connectivity index (χ0) is 13.0. The summed E-state index contributed by atoms with van der Waals surface area (Å²) in [7, 11) is 0. The van der Waals surface area contributed by atoms with Gasteiger partial charge >= 0.3 is 0 Å². The zero-order valence-corrected chi connectivity index (χ0v) is 11.0. The molecule has 1 saturated heterocycles. The van der Waals surface area contributed by atoms with Crippen molar-refractivity contribution in [3.63, 3.8) is 0 Å². The molecule has 0 spiro atoms. The van der Waals surface area contributed by atoms with Crippen LogP contribution in [0, 0.1) is 0 Å². The molecule has 94 valence electrons. The lowest BCUT2D eigenvalue weighted by molar-refractivity contribution is -0.119. The van der Waals surface area contributed by atoms with Gasteiger partial charge in [-0.1, -0.05) is 19.1 Å². The van der Waals surface area contributed by atoms with Gasteiger partial charge < -0.3 is 4.74 Å². The fourth-order valence-corrected chi connectivity index (χ4v) is 2.40. The van der Waals surface area contributed by atoms with Crippen LogP contribution in [0.3, 0.4) is 0 Å². The number of Topliss-reactive ketones (excluding diaryl/α,β-unsaturated/α-hetero) is 1. The molecular formula is C14H14O3S. The van der Waals surface area contributed by atoms with Crippen LogP contribution >= 0.6 is 11.8 Å². The number of benzene rings is 1. The summed E-state index contributed by atoms with van der Waals surface area (Å²) in [5.41, 5.74) is 0.907. The molecule has 0 saturated carbocycles. The van der Waals surface area contributed by atoms with Gasteiger partial charge in [-0.05, 0) is 42.0 Å². The van der Waals surface area contributed by atoms with Crippen LogP contribution in [0.15, 0.2) is 29.2 Å². The fourth-order valence-electron chi connectivity index (χ4n) is 1.58. The molecule has 1 aromatic rings. The molecule has 0 aromatic heterocycles. The van der Waals surface area contributed by atoms with Crippen LogP contribution in [0.5, 0.6) is 5.75 Å². The molecule has 1 aliphatic heterocycles. The Morgan fingerprint density at radius 3 is 2.56 bits per heavy atom. The average Bonchev–Trinajstić information content (AvgIpc) is 2.67. The van der Waals surface area contributed by atoms with Gasteiger partial charge in [-0.3, -0.25) is 9.59 Å². The SMILES string of the molecule is CCCOc1ccc(/C=C2\SC(=O)CC2=O)cc1. The minimum Gasteiger partial charge on any atom is -0.494 e. The molecule has 0 N–H and O–H groups in total. The first-order valence-corrected chi connectivity index (χ1v) is 6.69. The maximum atomic E-state index is 11.5. The van der Waals surface area contributed by atoms with E-state index in [0.717, 1.165) is 29.5 Å². The lowest BCUT2D eigenvalue weighted by Gasteiger charge is -2.04. The molecule has 0 radical (unpaired) electrons. The van der Waals surface area contributed by atoms with E-state index in [1.807, 2.05) is 24.3 Å². The Labute approximate surface area is 110 Å². The third-order valence-corrected chi connectivity index (χ3v) is 3.39. The molecule has 0 amide bonds. The van der Waals surface area contributed by atoms with Gasteiger partial charge in [0.05, 0.1) is 17.9 Å². The third-order valence-electron chi connectivity index (χ3n) is 2.45. The van der Waals surface area contributed by atoms with Gasteiger partial charge in [-0.25, -0.2) is 0 Å². The lowest BCUT2D eigenvalue weighted by Crippen LogP contribution is -1.94. The van der Waals surface area contributed by atoms with Crippen LogP contribution in [0.2, 0.25) is 0 Å². The average molecular weight is 262 g/mol. The van der Waals surface area contributed by atoms with Crippen LogP contribution < -0.4 is 4.74 Å². The topological polar surface area (TPSA) is 43.4 Å². The van der Waals surface area contributed by atoms with Crippen molar-refractivity contribution in [3.8, 4) is 5.75 Å². The summed E-state index contributed by atoms with van der Waals surface area (Å²) >= 11 is 1.03. The maximum Gasteiger partial charge on any atom is 0.201 e. The highest BCUT2D eigenvalue weighted by atomic mass is 32.2. The number of carbonyl (C=O) groups excluding carboxylic acids is 2. The highest BCUT2D eigenvalue weighted by Gasteiger charge is 2.25. The Bertz CT molecular complexity index is 488. The first-order valence-electron chi connectivity index (χ1n) is 5.87. The standard InChI is InChI=1S/C14H14O3S/c1-2-7-17-11-5-3-10(4-6-11)8-13-12(15)9-14(16)18-13/h3-6,8H,2,7,9H2,1H3/b13-8-. The van der Waals surface area contributed by atoms with E-state index in [-0.39, 0.29) is 17.3 Å². The normalized spacial score (nSPS) is 17.5. The van der Waals surface area contributed by atoms with Crippen molar-refractivity contribution >= 4 is 28.7 Å². The molecule has 0 atom stereocenters. The van der Waals surface area contributed by atoms with Crippen molar-refractivity contribution in [2.24, 2.45) is 0 Å². The van der Waals surface area contributed by atoms with Crippen molar-refractivity contribution in [1.29, 1.82) is 0 Å². The molecule has 1 aromatic carbocycles. The first kappa shape index (κ1) is 12.9. The van der Waals surface area contributed by atoms with Gasteiger partial charge in [0.1, 0.15) is 5.75 Å². The summed E-state index contributed by atoms with van der Waals surface area (Å²) in [5.74, 6) is 0.733. The second kappa shape index (κ2) is 5.87. The first-order chi connectivity index (χ1) is 8.69. The molecule has 0 aliphatic carbocycles. The minimum absolute atomic E-state index is 0.0220. The fraction of sp³-hybridized carbons (Fsp3) is 0.286. The van der Waals surface area contributed by atoms with Gasteiger partial charge in [0.2, 0.25) is 5.12 Å². The van der Waals surface area contributed by atoms with E-state index in [2.05, 4.69) is 6.92 Å². The van der Waals surface area contributed by atoms with Crippen molar-refractivity contribution < 1.29 is 14.3 Å². The second-order valence-corrected chi connectivity index (χ2v) is 5.10. The molecule has 3 nitrogen and oxygen atoms in total. The Hall–Kier alpha value is -1.55. The van der Waals surface area contributed by atoms with Gasteiger partial charge in [0.25, 0.3) is 0 Å².